The lowest BCUT2D eigenvalue weighted by molar-refractivity contribution is 0.303. The molecule has 0 unspecified atom stereocenters. The lowest BCUT2D eigenvalue weighted by atomic mass is 9.83. The molecule has 1 fully saturated rings. The predicted octanol–water partition coefficient (Wildman–Crippen LogP) is 1.78. The van der Waals surface area contributed by atoms with Crippen LogP contribution >= 0.6 is 0 Å². The topological polar surface area (TPSA) is 84.2 Å². The fourth-order valence-electron chi connectivity index (χ4n) is 2.18. The van der Waals surface area contributed by atoms with Crippen LogP contribution in [0, 0.1) is 5.92 Å². The van der Waals surface area contributed by atoms with Crippen LogP contribution in [0.5, 0.6) is 0 Å². The van der Waals surface area contributed by atoms with Gasteiger partial charge in [0.15, 0.2) is 0 Å². The van der Waals surface area contributed by atoms with Gasteiger partial charge in [-0.1, -0.05) is 19.3 Å². The number of nitrogen functional groups attached to an aromatic ring is 1. The Kier molecular flexibility index (Phi) is 4.31. The Morgan fingerprint density at radius 2 is 2.11 bits per heavy atom. The van der Waals surface area contributed by atoms with Crippen LogP contribution in [0.4, 0.5) is 11.4 Å². The summed E-state index contributed by atoms with van der Waals surface area (Å²) in [4.78, 5) is 0.192. The molecule has 5 nitrogen and oxygen atoms in total. The predicted molar refractivity (Wildman–Crippen MR) is 77.5 cm³/mol. The molecule has 0 amide bonds. The van der Waals surface area contributed by atoms with Crippen molar-refractivity contribution in [2.45, 2.75) is 30.6 Å². The first kappa shape index (κ1) is 14.1. The number of rotatable bonds is 6. The second-order valence-corrected chi connectivity index (χ2v) is 6.86. The number of hydrogen-bond donors (Lipinski definition) is 3. The Morgan fingerprint density at radius 1 is 1.37 bits per heavy atom. The lowest BCUT2D eigenvalue weighted by Crippen LogP contribution is -2.19. The summed E-state index contributed by atoms with van der Waals surface area (Å²) in [6, 6.07) is 4.77. The largest absolute Gasteiger partial charge is 0.397 e. The molecule has 4 N–H and O–H groups in total. The number of anilines is 2. The molecule has 0 aromatic heterocycles. The Balaban J connectivity index is 1.98. The number of sulfonamides is 1. The number of hydrogen-bond acceptors (Lipinski definition) is 4. The minimum absolute atomic E-state index is 0.192. The van der Waals surface area contributed by atoms with Crippen molar-refractivity contribution < 1.29 is 8.42 Å². The van der Waals surface area contributed by atoms with Crippen molar-refractivity contribution in [3.05, 3.63) is 18.2 Å². The molecule has 1 aliphatic rings. The van der Waals surface area contributed by atoms with Gasteiger partial charge in [-0.15, -0.1) is 0 Å². The standard InChI is InChI=1S/C13H21N3O2S/c1-15-19(17,18)11-5-6-13(12(14)9-11)16-8-7-10-3-2-4-10/h5-6,9-10,15-16H,2-4,7-8,14H2,1H3. The molecule has 19 heavy (non-hydrogen) atoms. The Morgan fingerprint density at radius 3 is 2.63 bits per heavy atom. The third-order valence-electron chi connectivity index (χ3n) is 3.69. The van der Waals surface area contributed by atoms with Gasteiger partial charge in [-0.05, 0) is 37.6 Å². The second kappa shape index (κ2) is 5.79. The molecule has 6 heteroatoms. The highest BCUT2D eigenvalue weighted by molar-refractivity contribution is 7.89. The maximum atomic E-state index is 11.6. The quantitative estimate of drug-likeness (QED) is 0.695. The summed E-state index contributed by atoms with van der Waals surface area (Å²) in [6.07, 6.45) is 5.16. The molecule has 2 rings (SSSR count). The van der Waals surface area contributed by atoms with Crippen LogP contribution in [0.2, 0.25) is 0 Å². The van der Waals surface area contributed by atoms with Gasteiger partial charge < -0.3 is 11.1 Å². The molecule has 0 heterocycles. The summed E-state index contributed by atoms with van der Waals surface area (Å²) in [5, 5.41) is 3.27. The van der Waals surface area contributed by atoms with Crippen molar-refractivity contribution in [3.8, 4) is 0 Å². The van der Waals surface area contributed by atoms with E-state index in [2.05, 4.69) is 10.0 Å². The molecular formula is C13H21N3O2S. The maximum absolute atomic E-state index is 11.6. The third-order valence-corrected chi connectivity index (χ3v) is 5.11. The molecule has 0 radical (unpaired) electrons. The van der Waals surface area contributed by atoms with E-state index in [0.29, 0.717) is 5.69 Å². The molecule has 0 saturated heterocycles. The first-order valence-corrected chi connectivity index (χ1v) is 8.08. The van der Waals surface area contributed by atoms with Crippen LogP contribution < -0.4 is 15.8 Å². The minimum atomic E-state index is -3.42. The average molecular weight is 283 g/mol. The lowest BCUT2D eigenvalue weighted by Gasteiger charge is -2.25. The Bertz CT molecular complexity index is 539. The highest BCUT2D eigenvalue weighted by Crippen LogP contribution is 2.29. The summed E-state index contributed by atoms with van der Waals surface area (Å²) in [7, 11) is -2.04. The number of nitrogens with one attached hydrogen (secondary N) is 2. The SMILES string of the molecule is CNS(=O)(=O)c1ccc(NCCC2CCC2)c(N)c1. The fraction of sp³-hybridized carbons (Fsp3) is 0.538. The van der Waals surface area contributed by atoms with Gasteiger partial charge in [0.2, 0.25) is 10.0 Å². The van der Waals surface area contributed by atoms with Gasteiger partial charge in [-0.25, -0.2) is 13.1 Å². The van der Waals surface area contributed by atoms with Crippen molar-refractivity contribution in [1.82, 2.24) is 4.72 Å². The van der Waals surface area contributed by atoms with E-state index >= 15 is 0 Å². The third kappa shape index (κ3) is 3.39. The van der Waals surface area contributed by atoms with Gasteiger partial charge >= 0.3 is 0 Å². The van der Waals surface area contributed by atoms with Gasteiger partial charge in [-0.3, -0.25) is 0 Å². The Labute approximate surface area is 114 Å². The molecule has 106 valence electrons. The maximum Gasteiger partial charge on any atom is 0.240 e. The van der Waals surface area contributed by atoms with Crippen molar-refractivity contribution in [2.24, 2.45) is 5.92 Å². The van der Waals surface area contributed by atoms with Crippen LogP contribution in [0.3, 0.4) is 0 Å². The molecule has 1 aromatic rings. The van der Waals surface area contributed by atoms with E-state index in [-0.39, 0.29) is 4.90 Å². The summed E-state index contributed by atoms with van der Waals surface area (Å²) in [5.74, 6) is 0.845. The first-order chi connectivity index (χ1) is 9.03. The smallest absolute Gasteiger partial charge is 0.240 e. The molecule has 1 aromatic carbocycles. The second-order valence-electron chi connectivity index (χ2n) is 4.97. The zero-order valence-electron chi connectivity index (χ0n) is 11.1. The molecule has 0 aliphatic heterocycles. The summed E-state index contributed by atoms with van der Waals surface area (Å²) in [5.41, 5.74) is 7.14. The highest BCUT2D eigenvalue weighted by atomic mass is 32.2. The van der Waals surface area contributed by atoms with E-state index in [0.717, 1.165) is 24.6 Å². The van der Waals surface area contributed by atoms with Gasteiger partial charge in [0.1, 0.15) is 0 Å². The Hall–Kier alpha value is -1.27. The zero-order chi connectivity index (χ0) is 13.9. The normalized spacial score (nSPS) is 16.1. The van der Waals surface area contributed by atoms with Crippen molar-refractivity contribution in [3.63, 3.8) is 0 Å². The average Bonchev–Trinajstić information content (AvgIpc) is 2.33. The van der Waals surface area contributed by atoms with Gasteiger partial charge in [0.05, 0.1) is 16.3 Å². The van der Waals surface area contributed by atoms with Gasteiger partial charge in [0.25, 0.3) is 0 Å². The highest BCUT2D eigenvalue weighted by Gasteiger charge is 2.17. The summed E-state index contributed by atoms with van der Waals surface area (Å²) >= 11 is 0. The van der Waals surface area contributed by atoms with Gasteiger partial charge in [-0.2, -0.15) is 0 Å². The van der Waals surface area contributed by atoms with E-state index in [4.69, 9.17) is 5.73 Å². The van der Waals surface area contributed by atoms with Crippen molar-refractivity contribution >= 4 is 21.4 Å². The van der Waals surface area contributed by atoms with Crippen molar-refractivity contribution in [2.75, 3.05) is 24.6 Å². The van der Waals surface area contributed by atoms with Crippen LogP contribution in [0.25, 0.3) is 0 Å². The van der Waals surface area contributed by atoms with Crippen LogP contribution in [0.15, 0.2) is 23.1 Å². The van der Waals surface area contributed by atoms with E-state index in [1.54, 1.807) is 12.1 Å². The van der Waals surface area contributed by atoms with Crippen LogP contribution in [-0.4, -0.2) is 22.0 Å². The number of nitrogens with two attached hydrogens (primary N) is 1. The molecule has 0 spiro atoms. The molecule has 1 saturated carbocycles. The first-order valence-electron chi connectivity index (χ1n) is 6.60. The zero-order valence-corrected chi connectivity index (χ0v) is 12.0. The van der Waals surface area contributed by atoms with Crippen molar-refractivity contribution in [1.29, 1.82) is 0 Å². The molecule has 0 atom stereocenters. The summed E-state index contributed by atoms with van der Waals surface area (Å²) in [6.45, 7) is 0.882. The van der Waals surface area contributed by atoms with E-state index in [1.807, 2.05) is 0 Å². The molecule has 0 bridgehead atoms. The van der Waals surface area contributed by atoms with E-state index < -0.39 is 10.0 Å². The number of benzene rings is 1. The van der Waals surface area contributed by atoms with E-state index in [1.165, 1.54) is 32.4 Å². The van der Waals surface area contributed by atoms with Crippen LogP contribution in [-0.2, 0) is 10.0 Å². The fourth-order valence-corrected chi connectivity index (χ4v) is 2.94. The van der Waals surface area contributed by atoms with Crippen LogP contribution in [0.1, 0.15) is 25.7 Å². The minimum Gasteiger partial charge on any atom is -0.397 e. The summed E-state index contributed by atoms with van der Waals surface area (Å²) < 4.78 is 25.5. The monoisotopic (exact) mass is 283 g/mol. The molecular weight excluding hydrogens is 262 g/mol. The molecule has 1 aliphatic carbocycles. The van der Waals surface area contributed by atoms with E-state index in [9.17, 15) is 8.42 Å². The van der Waals surface area contributed by atoms with Gasteiger partial charge in [0, 0.05) is 6.54 Å².